The van der Waals surface area contributed by atoms with Gasteiger partial charge < -0.3 is 4.90 Å². The highest BCUT2D eigenvalue weighted by atomic mass is 32.2. The molecule has 106 valence electrons. The van der Waals surface area contributed by atoms with Gasteiger partial charge in [-0.1, -0.05) is 13.8 Å². The Morgan fingerprint density at radius 3 is 1.89 bits per heavy atom. The zero-order valence-corrected chi connectivity index (χ0v) is 12.5. The van der Waals surface area contributed by atoms with E-state index in [4.69, 9.17) is 0 Å². The van der Waals surface area contributed by atoms with Gasteiger partial charge in [0.2, 0.25) is 0 Å². The zero-order chi connectivity index (χ0) is 14.5. The van der Waals surface area contributed by atoms with Gasteiger partial charge in [-0.05, 0) is 37.1 Å². The number of carbonyl (C=O) groups excluding carboxylic acids is 1. The van der Waals surface area contributed by atoms with Gasteiger partial charge in [0.15, 0.2) is 9.84 Å². The Hall–Kier alpha value is -1.36. The molecule has 1 aromatic carbocycles. The van der Waals surface area contributed by atoms with Crippen LogP contribution in [0.4, 0.5) is 0 Å². The second-order valence-electron chi connectivity index (χ2n) is 4.59. The summed E-state index contributed by atoms with van der Waals surface area (Å²) in [5, 5.41) is 0. The van der Waals surface area contributed by atoms with Crippen LogP contribution >= 0.6 is 0 Å². The first-order valence-corrected chi connectivity index (χ1v) is 8.38. The topological polar surface area (TPSA) is 54.5 Å². The van der Waals surface area contributed by atoms with Crippen molar-refractivity contribution in [2.45, 2.75) is 31.6 Å². The third-order valence-electron chi connectivity index (χ3n) is 2.80. The summed E-state index contributed by atoms with van der Waals surface area (Å²) in [7, 11) is -3.21. The molecule has 0 saturated heterocycles. The maximum atomic E-state index is 12.3. The van der Waals surface area contributed by atoms with Gasteiger partial charge in [-0.15, -0.1) is 0 Å². The van der Waals surface area contributed by atoms with Gasteiger partial charge in [-0.25, -0.2) is 8.42 Å². The van der Waals surface area contributed by atoms with Crippen LogP contribution in [-0.4, -0.2) is 38.6 Å². The lowest BCUT2D eigenvalue weighted by Gasteiger charge is -2.21. The number of hydrogen-bond acceptors (Lipinski definition) is 3. The van der Waals surface area contributed by atoms with E-state index in [1.54, 1.807) is 17.0 Å². The second-order valence-corrected chi connectivity index (χ2v) is 6.60. The number of nitrogens with zero attached hydrogens (tertiary/aromatic N) is 1. The average molecular weight is 283 g/mol. The molecule has 0 bridgehead atoms. The quantitative estimate of drug-likeness (QED) is 0.805. The normalized spacial score (nSPS) is 11.3. The van der Waals surface area contributed by atoms with E-state index >= 15 is 0 Å². The first-order valence-electron chi connectivity index (χ1n) is 6.49. The van der Waals surface area contributed by atoms with Crippen LogP contribution in [0.5, 0.6) is 0 Å². The molecule has 5 heteroatoms. The van der Waals surface area contributed by atoms with Gasteiger partial charge in [0.25, 0.3) is 5.91 Å². The minimum Gasteiger partial charge on any atom is -0.339 e. The lowest BCUT2D eigenvalue weighted by Crippen LogP contribution is -2.32. The lowest BCUT2D eigenvalue weighted by atomic mass is 10.2. The number of sulfone groups is 1. The minimum atomic E-state index is -3.21. The Balaban J connectivity index is 2.93. The molecule has 0 fully saturated rings. The third kappa shape index (κ3) is 4.35. The predicted molar refractivity (Wildman–Crippen MR) is 76.0 cm³/mol. The molecular weight excluding hydrogens is 262 g/mol. The van der Waals surface area contributed by atoms with Gasteiger partial charge in [0.05, 0.1) is 4.90 Å². The average Bonchev–Trinajstić information content (AvgIpc) is 2.37. The van der Waals surface area contributed by atoms with Gasteiger partial charge in [-0.2, -0.15) is 0 Å². The molecule has 0 saturated carbocycles. The molecule has 0 aliphatic carbocycles. The molecule has 0 atom stereocenters. The Bertz CT molecular complexity index is 514. The molecule has 0 heterocycles. The Morgan fingerprint density at radius 1 is 1.05 bits per heavy atom. The van der Waals surface area contributed by atoms with Crippen LogP contribution in [-0.2, 0) is 9.84 Å². The number of hydrogen-bond donors (Lipinski definition) is 0. The molecule has 0 unspecified atom stereocenters. The first kappa shape index (κ1) is 15.7. The smallest absolute Gasteiger partial charge is 0.253 e. The van der Waals surface area contributed by atoms with Crippen molar-refractivity contribution >= 4 is 15.7 Å². The van der Waals surface area contributed by atoms with Crippen molar-refractivity contribution in [3.63, 3.8) is 0 Å². The Morgan fingerprint density at radius 2 is 1.53 bits per heavy atom. The van der Waals surface area contributed by atoms with Crippen molar-refractivity contribution in [2.75, 3.05) is 19.3 Å². The summed E-state index contributed by atoms with van der Waals surface area (Å²) in [6, 6.07) is 6.13. The van der Waals surface area contributed by atoms with Gasteiger partial charge in [0, 0.05) is 24.9 Å². The van der Waals surface area contributed by atoms with Crippen LogP contribution in [0.25, 0.3) is 0 Å². The van der Waals surface area contributed by atoms with Gasteiger partial charge in [-0.3, -0.25) is 4.79 Å². The molecule has 4 nitrogen and oxygen atoms in total. The summed E-state index contributed by atoms with van der Waals surface area (Å²) in [5.74, 6) is -0.0382. The fourth-order valence-electron chi connectivity index (χ4n) is 1.88. The van der Waals surface area contributed by atoms with Crippen molar-refractivity contribution < 1.29 is 13.2 Å². The molecular formula is C14H21NO3S. The van der Waals surface area contributed by atoms with Crippen LogP contribution in [0.1, 0.15) is 37.0 Å². The molecule has 0 radical (unpaired) electrons. The van der Waals surface area contributed by atoms with Crippen LogP contribution in [0, 0.1) is 0 Å². The van der Waals surface area contributed by atoms with Crippen molar-refractivity contribution in [1.29, 1.82) is 0 Å². The molecule has 0 N–H and O–H groups in total. The zero-order valence-electron chi connectivity index (χ0n) is 11.7. The maximum Gasteiger partial charge on any atom is 0.253 e. The summed E-state index contributed by atoms with van der Waals surface area (Å²) >= 11 is 0. The van der Waals surface area contributed by atoms with E-state index < -0.39 is 9.84 Å². The number of amides is 1. The SMILES string of the molecule is CCCN(CCC)C(=O)c1ccc(S(C)(=O)=O)cc1. The highest BCUT2D eigenvalue weighted by Gasteiger charge is 2.15. The summed E-state index contributed by atoms with van der Waals surface area (Å²) in [6.07, 6.45) is 2.98. The molecule has 19 heavy (non-hydrogen) atoms. The van der Waals surface area contributed by atoms with E-state index in [1.165, 1.54) is 12.1 Å². The lowest BCUT2D eigenvalue weighted by molar-refractivity contribution is 0.0755. The van der Waals surface area contributed by atoms with E-state index in [1.807, 2.05) is 13.8 Å². The molecule has 0 aliphatic heterocycles. The monoisotopic (exact) mass is 283 g/mol. The van der Waals surface area contributed by atoms with E-state index in [0.717, 1.165) is 32.2 Å². The van der Waals surface area contributed by atoms with E-state index in [0.29, 0.717) is 5.56 Å². The highest BCUT2D eigenvalue weighted by Crippen LogP contribution is 2.12. The summed E-state index contributed by atoms with van der Waals surface area (Å²) in [5.41, 5.74) is 0.536. The summed E-state index contributed by atoms with van der Waals surface area (Å²) < 4.78 is 22.7. The largest absolute Gasteiger partial charge is 0.339 e. The van der Waals surface area contributed by atoms with E-state index in [9.17, 15) is 13.2 Å². The molecule has 1 rings (SSSR count). The van der Waals surface area contributed by atoms with Crippen molar-refractivity contribution in [2.24, 2.45) is 0 Å². The summed E-state index contributed by atoms with van der Waals surface area (Å²) in [4.78, 5) is 14.3. The number of benzene rings is 1. The van der Waals surface area contributed by atoms with Crippen LogP contribution in [0.3, 0.4) is 0 Å². The predicted octanol–water partition coefficient (Wildman–Crippen LogP) is 2.35. The maximum absolute atomic E-state index is 12.3. The van der Waals surface area contributed by atoms with Crippen molar-refractivity contribution in [1.82, 2.24) is 4.90 Å². The molecule has 0 aromatic heterocycles. The van der Waals surface area contributed by atoms with Gasteiger partial charge >= 0.3 is 0 Å². The van der Waals surface area contributed by atoms with E-state index in [2.05, 4.69) is 0 Å². The number of carbonyl (C=O) groups is 1. The first-order chi connectivity index (χ1) is 8.90. The van der Waals surface area contributed by atoms with E-state index in [-0.39, 0.29) is 10.8 Å². The van der Waals surface area contributed by atoms with Crippen LogP contribution in [0.15, 0.2) is 29.2 Å². The molecule has 0 spiro atoms. The fraction of sp³-hybridized carbons (Fsp3) is 0.500. The second kappa shape index (κ2) is 6.70. The van der Waals surface area contributed by atoms with Gasteiger partial charge in [0.1, 0.15) is 0 Å². The Labute approximate surface area is 115 Å². The van der Waals surface area contributed by atoms with Crippen molar-refractivity contribution in [3.05, 3.63) is 29.8 Å². The highest BCUT2D eigenvalue weighted by molar-refractivity contribution is 7.90. The van der Waals surface area contributed by atoms with Crippen LogP contribution in [0.2, 0.25) is 0 Å². The standard InChI is InChI=1S/C14H21NO3S/c1-4-10-15(11-5-2)14(16)12-6-8-13(9-7-12)19(3,17)18/h6-9H,4-5,10-11H2,1-3H3. The summed E-state index contributed by atoms with van der Waals surface area (Å²) in [6.45, 7) is 5.51. The molecule has 1 amide bonds. The molecule has 0 aliphatic rings. The Kier molecular flexibility index (Phi) is 5.54. The van der Waals surface area contributed by atoms with Crippen LogP contribution < -0.4 is 0 Å². The fourth-order valence-corrected chi connectivity index (χ4v) is 2.51. The number of rotatable bonds is 6. The van der Waals surface area contributed by atoms with Crippen molar-refractivity contribution in [3.8, 4) is 0 Å². The minimum absolute atomic E-state index is 0.0382. The molecule has 1 aromatic rings. The third-order valence-corrected chi connectivity index (χ3v) is 3.93.